The molecule has 23 heavy (non-hydrogen) atoms. The van der Waals surface area contributed by atoms with Crippen molar-refractivity contribution in [2.75, 3.05) is 0 Å². The van der Waals surface area contributed by atoms with Gasteiger partial charge >= 0.3 is 0 Å². The van der Waals surface area contributed by atoms with Crippen LogP contribution >= 0.6 is 0 Å². The highest BCUT2D eigenvalue weighted by molar-refractivity contribution is 5.38. The van der Waals surface area contributed by atoms with Crippen LogP contribution in [0, 0.1) is 5.82 Å². The Hall–Kier alpha value is -2.47. The van der Waals surface area contributed by atoms with Gasteiger partial charge in [-0.1, -0.05) is 12.1 Å². The Morgan fingerprint density at radius 2 is 2.26 bits per heavy atom. The van der Waals surface area contributed by atoms with Gasteiger partial charge in [0.15, 0.2) is 0 Å². The molecule has 1 unspecified atom stereocenters. The van der Waals surface area contributed by atoms with Gasteiger partial charge in [0.05, 0.1) is 12.7 Å². The van der Waals surface area contributed by atoms with E-state index in [0.717, 1.165) is 36.3 Å². The largest absolute Gasteiger partial charge is 0.348 e. The lowest BCUT2D eigenvalue weighted by atomic mass is 9.93. The van der Waals surface area contributed by atoms with Crippen LogP contribution in [0.3, 0.4) is 0 Å². The molecule has 0 fully saturated rings. The molecule has 2 aromatic heterocycles. The monoisotopic (exact) mass is 311 g/mol. The third-order valence-corrected chi connectivity index (χ3v) is 4.33. The minimum absolute atomic E-state index is 0.226. The minimum Gasteiger partial charge on any atom is -0.348 e. The van der Waals surface area contributed by atoms with Crippen molar-refractivity contribution in [2.45, 2.75) is 31.8 Å². The summed E-state index contributed by atoms with van der Waals surface area (Å²) in [5, 5.41) is 7.96. The van der Waals surface area contributed by atoms with Crippen LogP contribution in [-0.4, -0.2) is 19.7 Å². The highest BCUT2D eigenvalue weighted by Crippen LogP contribution is 2.31. The molecular weight excluding hydrogens is 293 g/mol. The summed E-state index contributed by atoms with van der Waals surface area (Å²) in [5.74, 6) is 0.669. The Morgan fingerprint density at radius 3 is 3.09 bits per heavy atom. The number of benzene rings is 1. The van der Waals surface area contributed by atoms with Gasteiger partial charge in [0.2, 0.25) is 0 Å². The summed E-state index contributed by atoms with van der Waals surface area (Å²) in [7, 11) is 0. The molecule has 4 rings (SSSR count). The molecule has 2 heterocycles. The van der Waals surface area contributed by atoms with E-state index in [1.807, 2.05) is 18.5 Å². The Kier molecular flexibility index (Phi) is 3.67. The first-order valence-corrected chi connectivity index (χ1v) is 7.86. The van der Waals surface area contributed by atoms with Crippen molar-refractivity contribution in [3.63, 3.8) is 0 Å². The molecule has 6 heteroatoms. The average Bonchev–Trinajstić information content (AvgIpc) is 3.23. The first kappa shape index (κ1) is 14.1. The molecule has 0 saturated heterocycles. The zero-order valence-corrected chi connectivity index (χ0v) is 12.7. The third-order valence-electron chi connectivity index (χ3n) is 4.33. The lowest BCUT2D eigenvalue weighted by Crippen LogP contribution is -2.25. The van der Waals surface area contributed by atoms with Crippen molar-refractivity contribution >= 4 is 0 Å². The standard InChI is InChI=1S/C17H18FN5/c18-13-4-1-2-6-16(13)23-15-7-3-5-14(12(15)10-22-23)21-11-17-19-8-9-20-17/h1-2,4,6,8-10,14,21H,3,5,7,11H2,(H,19,20). The fourth-order valence-corrected chi connectivity index (χ4v) is 3.21. The molecule has 1 aromatic carbocycles. The summed E-state index contributed by atoms with van der Waals surface area (Å²) in [5.41, 5.74) is 2.77. The lowest BCUT2D eigenvalue weighted by molar-refractivity contribution is 0.449. The van der Waals surface area contributed by atoms with E-state index in [9.17, 15) is 4.39 Å². The number of aromatic amines is 1. The van der Waals surface area contributed by atoms with Gasteiger partial charge in [-0.05, 0) is 31.4 Å². The summed E-state index contributed by atoms with van der Waals surface area (Å²) in [6.45, 7) is 0.683. The summed E-state index contributed by atoms with van der Waals surface area (Å²) in [6.07, 6.45) is 8.46. The van der Waals surface area contributed by atoms with Gasteiger partial charge in [0.1, 0.15) is 17.3 Å². The molecule has 1 aliphatic carbocycles. The molecule has 0 aliphatic heterocycles. The van der Waals surface area contributed by atoms with E-state index >= 15 is 0 Å². The van der Waals surface area contributed by atoms with E-state index in [1.54, 1.807) is 23.0 Å². The van der Waals surface area contributed by atoms with Crippen LogP contribution in [0.2, 0.25) is 0 Å². The third kappa shape index (κ3) is 2.66. The van der Waals surface area contributed by atoms with E-state index in [-0.39, 0.29) is 11.9 Å². The molecule has 1 atom stereocenters. The fourth-order valence-electron chi connectivity index (χ4n) is 3.21. The molecule has 0 bridgehead atoms. The van der Waals surface area contributed by atoms with E-state index in [2.05, 4.69) is 20.4 Å². The van der Waals surface area contributed by atoms with Crippen molar-refractivity contribution in [2.24, 2.45) is 0 Å². The number of aromatic nitrogens is 4. The fraction of sp³-hybridized carbons (Fsp3) is 0.294. The highest BCUT2D eigenvalue weighted by Gasteiger charge is 2.25. The Bertz CT molecular complexity index is 793. The number of halogens is 1. The summed E-state index contributed by atoms with van der Waals surface area (Å²) in [4.78, 5) is 7.33. The second-order valence-corrected chi connectivity index (χ2v) is 5.77. The van der Waals surface area contributed by atoms with Crippen LogP contribution < -0.4 is 5.32 Å². The average molecular weight is 311 g/mol. The smallest absolute Gasteiger partial charge is 0.148 e. The number of fused-ring (bicyclic) bond motifs is 1. The van der Waals surface area contributed by atoms with Crippen molar-refractivity contribution in [3.05, 3.63) is 65.8 Å². The number of rotatable bonds is 4. The van der Waals surface area contributed by atoms with Crippen molar-refractivity contribution in [1.29, 1.82) is 0 Å². The van der Waals surface area contributed by atoms with Gasteiger partial charge in [-0.2, -0.15) is 5.10 Å². The maximum Gasteiger partial charge on any atom is 0.148 e. The molecule has 3 aromatic rings. The van der Waals surface area contributed by atoms with Crippen LogP contribution in [0.5, 0.6) is 0 Å². The van der Waals surface area contributed by atoms with Gasteiger partial charge in [-0.3, -0.25) is 0 Å². The number of hydrogen-bond donors (Lipinski definition) is 2. The first-order chi connectivity index (χ1) is 11.3. The number of para-hydroxylation sites is 1. The molecule has 0 radical (unpaired) electrons. The van der Waals surface area contributed by atoms with E-state index < -0.39 is 0 Å². The Balaban J connectivity index is 1.61. The van der Waals surface area contributed by atoms with Gasteiger partial charge in [-0.15, -0.1) is 0 Å². The molecule has 1 aliphatic rings. The van der Waals surface area contributed by atoms with E-state index in [1.165, 1.54) is 6.07 Å². The summed E-state index contributed by atoms with van der Waals surface area (Å²) in [6, 6.07) is 7.00. The van der Waals surface area contributed by atoms with Gasteiger partial charge in [0.25, 0.3) is 0 Å². The van der Waals surface area contributed by atoms with Crippen molar-refractivity contribution in [3.8, 4) is 5.69 Å². The van der Waals surface area contributed by atoms with Gasteiger partial charge in [0, 0.05) is 29.7 Å². The number of nitrogens with one attached hydrogen (secondary N) is 2. The van der Waals surface area contributed by atoms with Crippen molar-refractivity contribution < 1.29 is 4.39 Å². The number of nitrogens with zero attached hydrogens (tertiary/aromatic N) is 3. The highest BCUT2D eigenvalue weighted by atomic mass is 19.1. The van der Waals surface area contributed by atoms with E-state index in [0.29, 0.717) is 12.2 Å². The quantitative estimate of drug-likeness (QED) is 0.779. The number of H-pyrrole nitrogens is 1. The molecule has 118 valence electrons. The molecule has 5 nitrogen and oxygen atoms in total. The van der Waals surface area contributed by atoms with Crippen LogP contribution in [0.15, 0.2) is 42.9 Å². The number of hydrogen-bond acceptors (Lipinski definition) is 3. The number of imidazole rings is 1. The van der Waals surface area contributed by atoms with Crippen LogP contribution in [-0.2, 0) is 13.0 Å². The molecule has 0 amide bonds. The molecule has 2 N–H and O–H groups in total. The zero-order chi connectivity index (χ0) is 15.6. The van der Waals surface area contributed by atoms with Gasteiger partial charge < -0.3 is 10.3 Å². The van der Waals surface area contributed by atoms with Crippen molar-refractivity contribution in [1.82, 2.24) is 25.1 Å². The second kappa shape index (κ2) is 5.96. The Labute approximate surface area is 133 Å². The minimum atomic E-state index is -0.246. The maximum atomic E-state index is 14.1. The van der Waals surface area contributed by atoms with Crippen LogP contribution in [0.4, 0.5) is 4.39 Å². The molecule has 0 saturated carbocycles. The van der Waals surface area contributed by atoms with E-state index in [4.69, 9.17) is 0 Å². The lowest BCUT2D eigenvalue weighted by Gasteiger charge is -2.24. The second-order valence-electron chi connectivity index (χ2n) is 5.77. The van der Waals surface area contributed by atoms with Crippen LogP contribution in [0.1, 0.15) is 36.0 Å². The SMILES string of the molecule is Fc1ccccc1-n1ncc2c1CCCC2NCc1ncc[nH]1. The van der Waals surface area contributed by atoms with Gasteiger partial charge in [-0.25, -0.2) is 14.1 Å². The summed E-state index contributed by atoms with van der Waals surface area (Å²) >= 11 is 0. The first-order valence-electron chi connectivity index (χ1n) is 7.86. The normalized spacial score (nSPS) is 17.2. The topological polar surface area (TPSA) is 58.5 Å². The molecule has 0 spiro atoms. The molecular formula is C17H18FN5. The Morgan fingerprint density at radius 1 is 1.35 bits per heavy atom. The zero-order valence-electron chi connectivity index (χ0n) is 12.7. The predicted molar refractivity (Wildman–Crippen MR) is 84.6 cm³/mol. The van der Waals surface area contributed by atoms with Crippen LogP contribution in [0.25, 0.3) is 5.69 Å². The predicted octanol–water partition coefficient (Wildman–Crippen LogP) is 2.90. The maximum absolute atomic E-state index is 14.1. The summed E-state index contributed by atoms with van der Waals surface area (Å²) < 4.78 is 15.8.